The predicted molar refractivity (Wildman–Crippen MR) is 119 cm³/mol. The lowest BCUT2D eigenvalue weighted by Gasteiger charge is -2.24. The molecule has 2 heterocycles. The lowest BCUT2D eigenvalue weighted by molar-refractivity contribution is -0.121. The summed E-state index contributed by atoms with van der Waals surface area (Å²) in [4.78, 5) is 25.6. The molecule has 2 aliphatic rings. The van der Waals surface area contributed by atoms with Crippen LogP contribution in [0, 0.1) is 5.82 Å². The van der Waals surface area contributed by atoms with Crippen LogP contribution in [0.5, 0.6) is 5.75 Å². The van der Waals surface area contributed by atoms with Gasteiger partial charge in [0, 0.05) is 55.9 Å². The molecule has 0 fully saturated rings. The first-order valence-electron chi connectivity index (χ1n) is 10.9. The molecular weight excluding hydrogens is 411 g/mol. The molecule has 0 saturated carbocycles. The molecule has 2 aliphatic heterocycles. The van der Waals surface area contributed by atoms with Crippen molar-refractivity contribution < 1.29 is 18.7 Å². The molecule has 0 bridgehead atoms. The van der Waals surface area contributed by atoms with Crippen LogP contribution < -0.4 is 15.5 Å². The van der Waals surface area contributed by atoms with Crippen molar-refractivity contribution in [3.63, 3.8) is 0 Å². The molecule has 32 heavy (non-hydrogen) atoms. The number of carbonyl (C=O) groups is 2. The molecule has 0 spiro atoms. The lowest BCUT2D eigenvalue weighted by Crippen LogP contribution is -2.36. The van der Waals surface area contributed by atoms with Gasteiger partial charge in [-0.2, -0.15) is 5.10 Å². The monoisotopic (exact) mass is 438 g/mol. The predicted octanol–water partition coefficient (Wildman–Crippen LogP) is 2.92. The van der Waals surface area contributed by atoms with Gasteiger partial charge in [-0.25, -0.2) is 9.82 Å². The third-order valence-electron chi connectivity index (χ3n) is 5.68. The van der Waals surface area contributed by atoms with Crippen LogP contribution in [0.15, 0.2) is 53.6 Å². The number of halogens is 1. The summed E-state index contributed by atoms with van der Waals surface area (Å²) >= 11 is 0. The van der Waals surface area contributed by atoms with Crippen LogP contribution in [0.25, 0.3) is 0 Å². The number of hydrogen-bond acceptors (Lipinski definition) is 5. The van der Waals surface area contributed by atoms with E-state index >= 15 is 0 Å². The Balaban J connectivity index is 1.33. The summed E-state index contributed by atoms with van der Waals surface area (Å²) in [6.45, 7) is 2.27. The number of benzene rings is 2. The molecule has 2 N–H and O–H groups in total. The Morgan fingerprint density at radius 2 is 2.00 bits per heavy atom. The van der Waals surface area contributed by atoms with Gasteiger partial charge in [0.15, 0.2) is 0 Å². The number of para-hydroxylation sites is 1. The quantitative estimate of drug-likeness (QED) is 0.696. The van der Waals surface area contributed by atoms with E-state index in [4.69, 9.17) is 4.74 Å². The molecule has 0 aliphatic carbocycles. The Morgan fingerprint density at radius 1 is 1.19 bits per heavy atom. The summed E-state index contributed by atoms with van der Waals surface area (Å²) in [5.41, 5.74) is 4.85. The Morgan fingerprint density at radius 3 is 2.81 bits per heavy atom. The zero-order valence-corrected chi connectivity index (χ0v) is 17.9. The second-order valence-electron chi connectivity index (χ2n) is 8.03. The maximum absolute atomic E-state index is 14.4. The molecule has 4 rings (SSSR count). The van der Waals surface area contributed by atoms with Gasteiger partial charge in [-0.3, -0.25) is 14.5 Å². The fourth-order valence-corrected chi connectivity index (χ4v) is 3.94. The van der Waals surface area contributed by atoms with Crippen LogP contribution in [-0.2, 0) is 16.1 Å². The average Bonchev–Trinajstić information content (AvgIpc) is 2.98. The van der Waals surface area contributed by atoms with Crippen LogP contribution in [0.1, 0.15) is 42.9 Å². The summed E-state index contributed by atoms with van der Waals surface area (Å²) in [6.07, 6.45) is 1.45. The van der Waals surface area contributed by atoms with Crippen LogP contribution >= 0.6 is 0 Å². The molecule has 7 nitrogen and oxygen atoms in total. The zero-order chi connectivity index (χ0) is 22.3. The number of hydrazone groups is 1. The number of amides is 2. The van der Waals surface area contributed by atoms with Gasteiger partial charge in [-0.1, -0.05) is 36.4 Å². The van der Waals surface area contributed by atoms with Gasteiger partial charge in [0.1, 0.15) is 17.7 Å². The SMILES string of the molecule is O=C(CCC1=NNC(=O)CC1)NCCN1Cc2ccccc2OC(c2ccccc2F)C1. The second kappa shape index (κ2) is 10.4. The minimum atomic E-state index is -0.435. The van der Waals surface area contributed by atoms with Crippen molar-refractivity contribution in [2.24, 2.45) is 5.10 Å². The number of nitrogens with one attached hydrogen (secondary N) is 2. The lowest BCUT2D eigenvalue weighted by atomic mass is 10.1. The van der Waals surface area contributed by atoms with E-state index in [0.717, 1.165) is 17.0 Å². The summed E-state index contributed by atoms with van der Waals surface area (Å²) in [5.74, 6) is 0.330. The molecule has 0 aromatic heterocycles. The summed E-state index contributed by atoms with van der Waals surface area (Å²) in [6, 6.07) is 14.5. The van der Waals surface area contributed by atoms with Crippen molar-refractivity contribution in [1.29, 1.82) is 0 Å². The topological polar surface area (TPSA) is 83.0 Å². The van der Waals surface area contributed by atoms with Gasteiger partial charge in [0.05, 0.1) is 0 Å². The summed E-state index contributed by atoms with van der Waals surface area (Å²) in [5, 5.41) is 6.95. The first kappa shape index (κ1) is 22.0. The van der Waals surface area contributed by atoms with E-state index in [2.05, 4.69) is 20.7 Å². The maximum Gasteiger partial charge on any atom is 0.240 e. The van der Waals surface area contributed by atoms with Gasteiger partial charge in [-0.05, 0) is 25.0 Å². The molecule has 1 unspecified atom stereocenters. The van der Waals surface area contributed by atoms with Crippen molar-refractivity contribution in [3.8, 4) is 5.75 Å². The normalized spacial score (nSPS) is 18.6. The van der Waals surface area contributed by atoms with Crippen molar-refractivity contribution in [3.05, 3.63) is 65.5 Å². The van der Waals surface area contributed by atoms with Crippen molar-refractivity contribution in [2.75, 3.05) is 19.6 Å². The Labute approximate surface area is 186 Å². The number of fused-ring (bicyclic) bond motifs is 1. The first-order chi connectivity index (χ1) is 15.6. The minimum absolute atomic E-state index is 0.0540. The van der Waals surface area contributed by atoms with E-state index < -0.39 is 6.10 Å². The van der Waals surface area contributed by atoms with Gasteiger partial charge >= 0.3 is 0 Å². The van der Waals surface area contributed by atoms with E-state index in [0.29, 0.717) is 57.4 Å². The summed E-state index contributed by atoms with van der Waals surface area (Å²) in [7, 11) is 0. The molecular formula is C24H27FN4O3. The number of carbonyl (C=O) groups excluding carboxylic acids is 2. The molecule has 168 valence electrons. The van der Waals surface area contributed by atoms with Crippen LogP contribution in [0.4, 0.5) is 4.39 Å². The Kier molecular flexibility index (Phi) is 7.11. The average molecular weight is 439 g/mol. The standard InChI is InChI=1S/C24H27FN4O3/c25-20-7-3-2-6-19(20)22-16-29(15-17-5-1-4-8-21(17)32-22)14-13-26-23(30)11-9-18-10-12-24(31)28-27-18/h1-8,22H,9-16H2,(H,26,30)(H,28,31). The third-order valence-corrected chi connectivity index (χ3v) is 5.68. The van der Waals surface area contributed by atoms with Crippen molar-refractivity contribution in [1.82, 2.24) is 15.6 Å². The number of rotatable bonds is 7. The molecule has 0 saturated heterocycles. The van der Waals surface area contributed by atoms with Crippen molar-refractivity contribution >= 4 is 17.5 Å². The highest BCUT2D eigenvalue weighted by atomic mass is 19.1. The fraction of sp³-hybridized carbons (Fsp3) is 0.375. The highest BCUT2D eigenvalue weighted by Crippen LogP contribution is 2.31. The molecule has 8 heteroatoms. The number of ether oxygens (including phenoxy) is 1. The third kappa shape index (κ3) is 5.70. The van der Waals surface area contributed by atoms with Crippen molar-refractivity contribution in [2.45, 2.75) is 38.3 Å². The highest BCUT2D eigenvalue weighted by molar-refractivity contribution is 5.94. The van der Waals surface area contributed by atoms with Gasteiger partial charge in [0.2, 0.25) is 11.8 Å². The molecule has 1 atom stereocenters. The number of nitrogens with zero attached hydrogens (tertiary/aromatic N) is 2. The van der Waals surface area contributed by atoms with Crippen LogP contribution in [0.2, 0.25) is 0 Å². The van der Waals surface area contributed by atoms with E-state index in [9.17, 15) is 14.0 Å². The molecule has 2 aromatic carbocycles. The van der Waals surface area contributed by atoms with E-state index in [-0.39, 0.29) is 17.6 Å². The zero-order valence-electron chi connectivity index (χ0n) is 17.9. The smallest absolute Gasteiger partial charge is 0.240 e. The van der Waals surface area contributed by atoms with Gasteiger partial charge in [0.25, 0.3) is 0 Å². The van der Waals surface area contributed by atoms with Gasteiger partial charge in [-0.15, -0.1) is 0 Å². The number of hydrogen-bond donors (Lipinski definition) is 2. The van der Waals surface area contributed by atoms with Crippen LogP contribution in [-0.4, -0.2) is 42.1 Å². The molecule has 0 radical (unpaired) electrons. The van der Waals surface area contributed by atoms with Crippen LogP contribution in [0.3, 0.4) is 0 Å². The highest BCUT2D eigenvalue weighted by Gasteiger charge is 2.26. The minimum Gasteiger partial charge on any atom is -0.484 e. The molecule has 2 amide bonds. The second-order valence-corrected chi connectivity index (χ2v) is 8.03. The Bertz CT molecular complexity index is 1010. The maximum atomic E-state index is 14.4. The summed E-state index contributed by atoms with van der Waals surface area (Å²) < 4.78 is 20.6. The van der Waals surface area contributed by atoms with E-state index in [1.807, 2.05) is 30.3 Å². The van der Waals surface area contributed by atoms with E-state index in [1.165, 1.54) is 6.07 Å². The Hall–Kier alpha value is -3.26. The van der Waals surface area contributed by atoms with E-state index in [1.54, 1.807) is 12.1 Å². The fourth-order valence-electron chi connectivity index (χ4n) is 3.94. The largest absolute Gasteiger partial charge is 0.484 e. The van der Waals surface area contributed by atoms with Gasteiger partial charge < -0.3 is 10.1 Å². The first-order valence-corrected chi connectivity index (χ1v) is 10.9. The molecule has 2 aromatic rings.